The number of aliphatic hydroxyl groups excluding tert-OH is 3. The number of hydrogen-bond donors (Lipinski definition) is 4. The van der Waals surface area contributed by atoms with E-state index in [1.165, 1.54) is 7.11 Å². The van der Waals surface area contributed by atoms with Crippen LogP contribution < -0.4 is 5.73 Å². The first-order chi connectivity index (χ1) is 6.11. The molecule has 1 heterocycles. The van der Waals surface area contributed by atoms with E-state index in [2.05, 4.69) is 0 Å². The molecule has 1 saturated heterocycles. The van der Waals surface area contributed by atoms with Gasteiger partial charge in [-0.25, -0.2) is 0 Å². The minimum atomic E-state index is -1.08. The van der Waals surface area contributed by atoms with Crippen molar-refractivity contribution in [3.63, 3.8) is 0 Å². The van der Waals surface area contributed by atoms with Crippen LogP contribution in [0.1, 0.15) is 0 Å². The average molecular weight is 193 g/mol. The fourth-order valence-electron chi connectivity index (χ4n) is 1.31. The number of rotatable bonds is 2. The van der Waals surface area contributed by atoms with Gasteiger partial charge in [-0.15, -0.1) is 0 Å². The maximum atomic E-state index is 9.40. The van der Waals surface area contributed by atoms with Gasteiger partial charge in [0.05, 0.1) is 12.6 Å². The third-order valence-corrected chi connectivity index (χ3v) is 2.17. The van der Waals surface area contributed by atoms with Crippen LogP contribution in [0.2, 0.25) is 0 Å². The normalized spacial score (nSPS) is 46.4. The van der Waals surface area contributed by atoms with Gasteiger partial charge in [0.2, 0.25) is 0 Å². The number of methoxy groups -OCH3 is 1. The van der Waals surface area contributed by atoms with Crippen molar-refractivity contribution in [2.24, 2.45) is 5.73 Å². The van der Waals surface area contributed by atoms with E-state index >= 15 is 0 Å². The lowest BCUT2D eigenvalue weighted by Gasteiger charge is -2.39. The van der Waals surface area contributed by atoms with Gasteiger partial charge in [0.25, 0.3) is 0 Å². The van der Waals surface area contributed by atoms with Crippen molar-refractivity contribution in [2.75, 3.05) is 13.7 Å². The van der Waals surface area contributed by atoms with Crippen molar-refractivity contribution in [3.05, 3.63) is 0 Å². The van der Waals surface area contributed by atoms with E-state index < -0.39 is 30.6 Å². The summed E-state index contributed by atoms with van der Waals surface area (Å²) in [5, 5.41) is 27.6. The quantitative estimate of drug-likeness (QED) is 0.383. The molecule has 0 aromatic rings. The summed E-state index contributed by atoms with van der Waals surface area (Å²) in [6.07, 6.45) is -3.85. The lowest BCUT2D eigenvalue weighted by Crippen LogP contribution is -2.62. The zero-order valence-corrected chi connectivity index (χ0v) is 7.33. The Balaban J connectivity index is 2.66. The van der Waals surface area contributed by atoms with Crippen molar-refractivity contribution in [1.29, 1.82) is 0 Å². The second kappa shape index (κ2) is 4.32. The van der Waals surface area contributed by atoms with Crippen LogP contribution in [-0.4, -0.2) is 59.7 Å². The van der Waals surface area contributed by atoms with Gasteiger partial charge < -0.3 is 30.5 Å². The van der Waals surface area contributed by atoms with E-state index in [1.54, 1.807) is 0 Å². The van der Waals surface area contributed by atoms with Crippen molar-refractivity contribution < 1.29 is 24.8 Å². The number of aliphatic hydroxyl groups is 3. The highest BCUT2D eigenvalue weighted by molar-refractivity contribution is 4.91. The zero-order valence-electron chi connectivity index (χ0n) is 7.33. The molecule has 1 rings (SSSR count). The number of nitrogens with two attached hydrogens (primary N) is 1. The Kier molecular flexibility index (Phi) is 3.60. The van der Waals surface area contributed by atoms with Crippen LogP contribution in [0.3, 0.4) is 0 Å². The zero-order chi connectivity index (χ0) is 10.0. The minimum absolute atomic E-state index is 0.360. The largest absolute Gasteiger partial charge is 0.394 e. The standard InChI is InChI=1S/C7H15NO5/c1-12-7-6(11)4(8)5(10)3(2-9)13-7/h3-7,9-11H,2,8H2,1H3/t3?,4?,5-,6+,7-/m1/s1. The Morgan fingerprint density at radius 2 is 2.00 bits per heavy atom. The van der Waals surface area contributed by atoms with Gasteiger partial charge in [0.1, 0.15) is 18.3 Å². The molecule has 13 heavy (non-hydrogen) atoms. The highest BCUT2D eigenvalue weighted by atomic mass is 16.7. The van der Waals surface area contributed by atoms with E-state index in [9.17, 15) is 10.2 Å². The topological polar surface area (TPSA) is 105 Å². The van der Waals surface area contributed by atoms with E-state index in [4.69, 9.17) is 20.3 Å². The Hall–Kier alpha value is -0.240. The molecule has 0 amide bonds. The first kappa shape index (κ1) is 10.8. The summed E-state index contributed by atoms with van der Waals surface area (Å²) in [5.74, 6) is 0. The molecule has 5 N–H and O–H groups in total. The molecule has 0 radical (unpaired) electrons. The van der Waals surface area contributed by atoms with Crippen LogP contribution in [0.15, 0.2) is 0 Å². The first-order valence-electron chi connectivity index (χ1n) is 4.02. The molecule has 6 nitrogen and oxygen atoms in total. The number of hydrogen-bond acceptors (Lipinski definition) is 6. The second-order valence-corrected chi connectivity index (χ2v) is 3.02. The predicted molar refractivity (Wildman–Crippen MR) is 42.7 cm³/mol. The van der Waals surface area contributed by atoms with E-state index in [-0.39, 0.29) is 6.61 Å². The average Bonchev–Trinajstić information content (AvgIpc) is 2.15. The molecule has 0 bridgehead atoms. The third-order valence-electron chi connectivity index (χ3n) is 2.17. The van der Waals surface area contributed by atoms with Gasteiger partial charge in [-0.05, 0) is 0 Å². The van der Waals surface area contributed by atoms with Gasteiger partial charge in [-0.2, -0.15) is 0 Å². The molecule has 2 unspecified atom stereocenters. The van der Waals surface area contributed by atoms with Crippen molar-refractivity contribution in [3.8, 4) is 0 Å². The fraction of sp³-hybridized carbons (Fsp3) is 1.00. The monoisotopic (exact) mass is 193 g/mol. The SMILES string of the molecule is CO[C@@H]1OC(CO)[C@@H](O)C(N)[C@@H]1O. The predicted octanol–water partition coefficient (Wildman–Crippen LogP) is -2.60. The molecular formula is C7H15NO5. The smallest absolute Gasteiger partial charge is 0.185 e. The van der Waals surface area contributed by atoms with Crippen LogP contribution in [0.4, 0.5) is 0 Å². The lowest BCUT2D eigenvalue weighted by molar-refractivity contribution is -0.267. The Morgan fingerprint density at radius 1 is 1.38 bits per heavy atom. The molecule has 1 fully saturated rings. The molecule has 5 atom stereocenters. The van der Waals surface area contributed by atoms with Gasteiger partial charge in [-0.3, -0.25) is 0 Å². The summed E-state index contributed by atoms with van der Waals surface area (Å²) in [6.45, 7) is -0.360. The summed E-state index contributed by atoms with van der Waals surface area (Å²) in [6, 6.07) is -0.865. The second-order valence-electron chi connectivity index (χ2n) is 3.02. The molecule has 0 spiro atoms. The van der Waals surface area contributed by atoms with Crippen LogP contribution in [0.5, 0.6) is 0 Å². The summed E-state index contributed by atoms with van der Waals surface area (Å²) in [5.41, 5.74) is 5.48. The molecule has 78 valence electrons. The van der Waals surface area contributed by atoms with Crippen LogP contribution in [0.25, 0.3) is 0 Å². The molecular weight excluding hydrogens is 178 g/mol. The highest BCUT2D eigenvalue weighted by Crippen LogP contribution is 2.19. The minimum Gasteiger partial charge on any atom is -0.394 e. The number of ether oxygens (including phenoxy) is 2. The van der Waals surface area contributed by atoms with Crippen molar-refractivity contribution in [2.45, 2.75) is 30.6 Å². The van der Waals surface area contributed by atoms with Crippen LogP contribution in [-0.2, 0) is 9.47 Å². The van der Waals surface area contributed by atoms with Gasteiger partial charge in [-0.1, -0.05) is 0 Å². The molecule has 1 aliphatic rings. The van der Waals surface area contributed by atoms with E-state index in [1.807, 2.05) is 0 Å². The lowest BCUT2D eigenvalue weighted by atomic mass is 9.97. The van der Waals surface area contributed by atoms with Crippen molar-refractivity contribution in [1.82, 2.24) is 0 Å². The summed E-state index contributed by atoms with van der Waals surface area (Å²) in [7, 11) is 1.35. The van der Waals surface area contributed by atoms with E-state index in [0.717, 1.165) is 0 Å². The maximum Gasteiger partial charge on any atom is 0.185 e. The molecule has 1 aliphatic heterocycles. The van der Waals surface area contributed by atoms with Crippen LogP contribution >= 0.6 is 0 Å². The Morgan fingerprint density at radius 3 is 2.46 bits per heavy atom. The Labute approximate surface area is 75.9 Å². The van der Waals surface area contributed by atoms with Gasteiger partial charge >= 0.3 is 0 Å². The van der Waals surface area contributed by atoms with E-state index in [0.29, 0.717) is 0 Å². The van der Waals surface area contributed by atoms with Gasteiger partial charge in [0.15, 0.2) is 6.29 Å². The van der Waals surface area contributed by atoms with Crippen molar-refractivity contribution >= 4 is 0 Å². The molecule has 6 heteroatoms. The molecule has 0 aromatic heterocycles. The summed E-state index contributed by atoms with van der Waals surface area (Å²) in [4.78, 5) is 0. The Bertz CT molecular complexity index is 147. The maximum absolute atomic E-state index is 9.40. The summed E-state index contributed by atoms with van der Waals surface area (Å²) >= 11 is 0. The third kappa shape index (κ3) is 1.98. The molecule has 0 aliphatic carbocycles. The highest BCUT2D eigenvalue weighted by Gasteiger charge is 2.42. The fourth-order valence-corrected chi connectivity index (χ4v) is 1.31. The summed E-state index contributed by atoms with van der Waals surface area (Å²) < 4.78 is 9.81. The van der Waals surface area contributed by atoms with Gasteiger partial charge in [0, 0.05) is 7.11 Å². The molecule has 0 aromatic carbocycles. The first-order valence-corrected chi connectivity index (χ1v) is 4.02. The van der Waals surface area contributed by atoms with Crippen LogP contribution in [0, 0.1) is 0 Å². The molecule has 0 saturated carbocycles.